The zero-order valence-corrected chi connectivity index (χ0v) is 54.8. The fourth-order valence-electron chi connectivity index (χ4n) is 14.4. The number of nitrogens with zero attached hydrogens (tertiary/aromatic N) is 2. The summed E-state index contributed by atoms with van der Waals surface area (Å²) in [4.78, 5) is 33.5. The van der Waals surface area contributed by atoms with Crippen LogP contribution >= 0.6 is 7.26 Å². The van der Waals surface area contributed by atoms with Crippen LogP contribution in [0.4, 0.5) is 0 Å². The fraction of sp³-hybridized carbons (Fsp3) is 0.701. The zero-order valence-electron chi connectivity index (χ0n) is 53.8. The number of ether oxygens (including phenoxy) is 6. The maximum absolute atomic E-state index is 15.1. The van der Waals surface area contributed by atoms with Crippen LogP contribution in [0.1, 0.15) is 154 Å². The number of likely N-dealkylation sites (N-methyl/N-ethyl adjacent to an activating group) is 1. The van der Waals surface area contributed by atoms with Gasteiger partial charge in [0.25, 0.3) is 0 Å². The quantitative estimate of drug-likeness (QED) is 0.0527. The van der Waals surface area contributed by atoms with Gasteiger partial charge in [-0.1, -0.05) is 13.8 Å². The second-order valence-electron chi connectivity index (χ2n) is 26.9. The third kappa shape index (κ3) is 15.8. The molecule has 3 aliphatic heterocycles. The standard InChI is InChI=1S/C67H107N2O13P/c1-20-55-67(16,76)60(72)49(12)69(56(70)24-22-21-23-25-83(51-29-39(2)26-40(3)30-51,52-31-41(4)27-42(5)32-52)53-33-43(6)28-44(7)34-53)38-45(8)36-65(14,75)62(82-64-58(71)54(68(17)18)35-46(9)78-64)47(10)59(48(11)63(74)80-55)81-57-37-66(15,77-19)61(73)50(13)79-57/h26-34,45-50,54-55,57-62,64,71-73,75-76,83H,20-25,35-38H2,1-19H3/t45-,46-,47+,48-,49-,50+,54+,55-,57+,58-,59+,60-,61+,62-,64+,65-,66-,67-/m1/s1. The number of carbonyl (C=O) groups is 2. The van der Waals surface area contributed by atoms with E-state index in [1.807, 2.05) is 39.8 Å². The fourth-order valence-corrected chi connectivity index (χ4v) is 19.9. The summed E-state index contributed by atoms with van der Waals surface area (Å²) in [6.07, 6.45) is -6.42. The molecule has 3 saturated heterocycles. The van der Waals surface area contributed by atoms with Crippen LogP contribution in [0.2, 0.25) is 0 Å². The topological polar surface area (TPSA) is 197 Å². The molecular weight excluding hydrogens is 1070 g/mol. The van der Waals surface area contributed by atoms with Crippen LogP contribution in [0.15, 0.2) is 54.6 Å². The van der Waals surface area contributed by atoms with E-state index in [1.54, 1.807) is 46.4 Å². The number of benzene rings is 3. The van der Waals surface area contributed by atoms with Crippen molar-refractivity contribution in [1.29, 1.82) is 0 Å². The molecule has 5 N–H and O–H groups in total. The molecule has 0 bridgehead atoms. The Morgan fingerprint density at radius 2 is 1.25 bits per heavy atom. The van der Waals surface area contributed by atoms with Crippen LogP contribution in [0.25, 0.3) is 0 Å². The summed E-state index contributed by atoms with van der Waals surface area (Å²) in [5.41, 5.74) is 2.50. The molecule has 18 atom stereocenters. The first kappa shape index (κ1) is 68.7. The molecule has 468 valence electrons. The van der Waals surface area contributed by atoms with Gasteiger partial charge in [-0.25, -0.2) is 0 Å². The van der Waals surface area contributed by atoms with E-state index < -0.39 is 109 Å². The van der Waals surface area contributed by atoms with Gasteiger partial charge >= 0.3 is 315 Å². The zero-order chi connectivity index (χ0) is 61.8. The van der Waals surface area contributed by atoms with E-state index >= 15 is 4.79 Å². The van der Waals surface area contributed by atoms with E-state index in [1.165, 1.54) is 63.3 Å². The van der Waals surface area contributed by atoms with Gasteiger partial charge in [0, 0.05) is 25.5 Å². The molecule has 3 aromatic rings. The SMILES string of the molecule is CC[C@H]1OC(=O)[C@H](C)[C@@H](O[C@H]2C[C@@](C)(OC)[C@@H](O)[C@H](C)O2)[C@H](C)[C@@H](O[C@@H]2O[C@H](C)C[C@H](N(C)C)[C@H]2O)[C@](C)(O)C[C@@H](C)CN(C(=O)CCCCC[PH](c2cc(C)cc(C)c2)(c2cc(C)cc(C)c2)c2cc(C)cc(C)c2)[C@H](C)[C@@H](O)[C@]1(C)O. The number of hydrogen-bond acceptors (Lipinski definition) is 14. The number of amides is 1. The van der Waals surface area contributed by atoms with Crippen molar-refractivity contribution in [3.63, 3.8) is 0 Å². The molecule has 0 aromatic heterocycles. The molecule has 1 amide bonds. The van der Waals surface area contributed by atoms with Gasteiger partial charge in [-0.15, -0.1) is 0 Å². The second-order valence-corrected chi connectivity index (χ2v) is 30.9. The second kappa shape index (κ2) is 28.2. The van der Waals surface area contributed by atoms with Crippen molar-refractivity contribution in [3.05, 3.63) is 88.0 Å². The molecule has 0 saturated carbocycles. The molecule has 0 spiro atoms. The number of methoxy groups -OCH3 is 1. The predicted molar refractivity (Wildman–Crippen MR) is 332 cm³/mol. The summed E-state index contributed by atoms with van der Waals surface area (Å²) in [6.45, 7) is 30.5. The Morgan fingerprint density at radius 1 is 0.735 bits per heavy atom. The Labute approximate surface area is 498 Å². The molecule has 3 heterocycles. The molecule has 16 heteroatoms. The average molecular weight is 1180 g/mol. The maximum atomic E-state index is 15.1. The van der Waals surface area contributed by atoms with Crippen LogP contribution in [-0.4, -0.2) is 171 Å². The first-order valence-corrected chi connectivity index (χ1v) is 33.0. The third-order valence-electron chi connectivity index (χ3n) is 18.8. The number of esters is 1. The van der Waals surface area contributed by atoms with Gasteiger partial charge < -0.3 is 38.8 Å². The van der Waals surface area contributed by atoms with Crippen molar-refractivity contribution in [1.82, 2.24) is 9.80 Å². The molecule has 3 aromatic carbocycles. The number of carbonyl (C=O) groups excluding carboxylic acids is 2. The van der Waals surface area contributed by atoms with Gasteiger partial charge in [-0.3, -0.25) is 4.79 Å². The average Bonchev–Trinajstić information content (AvgIpc) is 3.57. The first-order chi connectivity index (χ1) is 38.7. The van der Waals surface area contributed by atoms with Crippen molar-refractivity contribution in [2.45, 2.75) is 252 Å². The monoisotopic (exact) mass is 1180 g/mol. The van der Waals surface area contributed by atoms with E-state index in [9.17, 15) is 30.3 Å². The minimum atomic E-state index is -2.69. The number of rotatable bonds is 16. The minimum absolute atomic E-state index is 0.0521. The molecule has 6 rings (SSSR count). The molecule has 3 fully saturated rings. The van der Waals surface area contributed by atoms with Gasteiger partial charge in [0.15, 0.2) is 12.6 Å². The molecule has 0 radical (unpaired) electrons. The van der Waals surface area contributed by atoms with Gasteiger partial charge in [0.1, 0.15) is 12.2 Å². The number of aliphatic hydroxyl groups is 5. The molecule has 15 nitrogen and oxygen atoms in total. The van der Waals surface area contributed by atoms with Crippen LogP contribution in [0, 0.1) is 59.3 Å². The Balaban J connectivity index is 1.36. The van der Waals surface area contributed by atoms with E-state index in [-0.39, 0.29) is 50.3 Å². The molecule has 0 aliphatic carbocycles. The summed E-state index contributed by atoms with van der Waals surface area (Å²) in [7, 11) is 2.58. The van der Waals surface area contributed by atoms with Crippen LogP contribution < -0.4 is 15.9 Å². The van der Waals surface area contributed by atoms with Crippen LogP contribution in [0.5, 0.6) is 0 Å². The van der Waals surface area contributed by atoms with Crippen LogP contribution in [0.3, 0.4) is 0 Å². The number of aliphatic hydroxyl groups excluding tert-OH is 3. The van der Waals surface area contributed by atoms with E-state index in [0.29, 0.717) is 12.8 Å². The Morgan fingerprint density at radius 3 is 1.73 bits per heavy atom. The van der Waals surface area contributed by atoms with Crippen molar-refractivity contribution in [2.24, 2.45) is 17.8 Å². The third-order valence-corrected chi connectivity index (χ3v) is 23.7. The van der Waals surface area contributed by atoms with E-state index in [2.05, 4.69) is 96.1 Å². The van der Waals surface area contributed by atoms with Crippen molar-refractivity contribution >= 4 is 35.1 Å². The number of aryl methyl sites for hydroxylation is 6. The van der Waals surface area contributed by atoms with Crippen molar-refractivity contribution in [3.8, 4) is 0 Å². The van der Waals surface area contributed by atoms with Crippen LogP contribution in [-0.2, 0) is 38.0 Å². The van der Waals surface area contributed by atoms with Crippen molar-refractivity contribution < 1.29 is 63.5 Å². The normalized spacial score (nSPS) is 35.6. The summed E-state index contributed by atoms with van der Waals surface area (Å²) in [5, 5.41) is 65.3. The number of cyclic esters (lactones) is 1. The Bertz CT molecular complexity index is 2460. The van der Waals surface area contributed by atoms with Gasteiger partial charge in [0.05, 0.1) is 29.8 Å². The Hall–Kier alpha value is -3.41. The summed E-state index contributed by atoms with van der Waals surface area (Å²) >= 11 is 0. The first-order valence-electron chi connectivity index (χ1n) is 30.8. The summed E-state index contributed by atoms with van der Waals surface area (Å²) in [5.74, 6) is -3.37. The number of hydrogen-bond donors (Lipinski definition) is 5. The number of unbranched alkanes of at least 4 members (excludes halogenated alkanes) is 2. The van der Waals surface area contributed by atoms with Gasteiger partial charge in [-0.2, -0.15) is 0 Å². The van der Waals surface area contributed by atoms with Gasteiger partial charge in [-0.05, 0) is 48.2 Å². The van der Waals surface area contributed by atoms with E-state index in [4.69, 9.17) is 28.4 Å². The molecule has 0 unspecified atom stereocenters. The van der Waals surface area contributed by atoms with Crippen molar-refractivity contribution in [2.75, 3.05) is 33.9 Å². The van der Waals surface area contributed by atoms with Gasteiger partial charge in [0.2, 0.25) is 0 Å². The Kier molecular flexibility index (Phi) is 23.3. The molecular formula is C67H107N2O13P. The molecule has 83 heavy (non-hydrogen) atoms. The summed E-state index contributed by atoms with van der Waals surface area (Å²) < 4.78 is 38.5. The van der Waals surface area contributed by atoms with E-state index in [0.717, 1.165) is 19.0 Å². The molecule has 3 aliphatic rings. The summed E-state index contributed by atoms with van der Waals surface area (Å²) in [6, 6.07) is 19.7. The predicted octanol–water partition coefficient (Wildman–Crippen LogP) is 7.93.